The molecule has 7 heterocycles. The molecule has 2 N–H and O–H groups in total. The summed E-state index contributed by atoms with van der Waals surface area (Å²) in [5.74, 6) is 2.03. The predicted octanol–water partition coefficient (Wildman–Crippen LogP) is 11.7. The number of amides is 1. The number of piperidine rings is 2. The minimum absolute atomic E-state index is 0. The van der Waals surface area contributed by atoms with E-state index < -0.39 is 0 Å². The molecule has 2 saturated carbocycles. The van der Waals surface area contributed by atoms with Gasteiger partial charge in [0.15, 0.2) is 0 Å². The van der Waals surface area contributed by atoms with Gasteiger partial charge in [-0.1, -0.05) is 87.6 Å². The van der Waals surface area contributed by atoms with Crippen molar-refractivity contribution in [1.29, 1.82) is 0 Å². The summed E-state index contributed by atoms with van der Waals surface area (Å²) >= 11 is 0. The lowest BCUT2D eigenvalue weighted by molar-refractivity contribution is -0.201. The van der Waals surface area contributed by atoms with Gasteiger partial charge in [-0.05, 0) is 160 Å². The van der Waals surface area contributed by atoms with Gasteiger partial charge in [0.1, 0.15) is 6.79 Å². The minimum Gasteiger partial charge on any atom is -0.465 e. The highest BCUT2D eigenvalue weighted by Gasteiger charge is 2.59. The summed E-state index contributed by atoms with van der Waals surface area (Å²) in [5, 5.41) is 6.41. The van der Waals surface area contributed by atoms with E-state index in [0.29, 0.717) is 24.4 Å². The van der Waals surface area contributed by atoms with Crippen LogP contribution in [0.3, 0.4) is 0 Å². The molecule has 1 aromatic heterocycles. The molecule has 7 atom stereocenters. The van der Waals surface area contributed by atoms with Crippen molar-refractivity contribution in [2.45, 2.75) is 219 Å². The van der Waals surface area contributed by atoms with E-state index in [0.717, 1.165) is 110 Å². The van der Waals surface area contributed by atoms with Crippen molar-refractivity contribution in [3.8, 4) is 0 Å². The van der Waals surface area contributed by atoms with Crippen LogP contribution in [0.4, 0.5) is 5.69 Å². The van der Waals surface area contributed by atoms with Crippen molar-refractivity contribution in [2.75, 3.05) is 90.2 Å². The predicted molar refractivity (Wildman–Crippen MR) is 329 cm³/mol. The molecule has 0 radical (unpaired) electrons. The third kappa shape index (κ3) is 12.5. The van der Waals surface area contributed by atoms with E-state index in [1.165, 1.54) is 135 Å². The van der Waals surface area contributed by atoms with Gasteiger partial charge in [-0.2, -0.15) is 0 Å². The first-order chi connectivity index (χ1) is 38.2. The van der Waals surface area contributed by atoms with E-state index in [1.807, 2.05) is 6.79 Å². The number of rotatable bonds is 21. The standard InChI is InChI=1S/C65H100N8O4.CH2O.CH4.2H2/c1-9-27-69(51-22-23-53-52(10-2)59(56(54(53)32-51)34-63(7,8)41-77-46(6)74)55-31-48(35-66-60(55)44(3)4)47-18-12-11-13-19-47)30-24-58(71-38-64(39-71)42-76-43-64)57(37-72-28-15-14-26-67-72)68-62(75)61-45(5)49-33-65(25-17-29-73(61)65)40-70(36-49)50-20-16-21-50;1-2;;;/h22-23,31-32,35,44-45,47,49-50,52,57-58,61,67H,9-21,24-30,33-34,36-43H2,1-8H3,(H,68,75);1H2;1H4;2*1H/t45?,49?,52?,57-,58-,61+,65-;;;;/m1..../s1. The molecule has 1 aromatic carbocycles. The molecule has 9 aliphatic rings. The van der Waals surface area contributed by atoms with Crippen molar-refractivity contribution in [3.63, 3.8) is 0 Å². The van der Waals surface area contributed by atoms with Crippen LogP contribution in [0.2, 0.25) is 0 Å². The van der Waals surface area contributed by atoms with Crippen LogP contribution in [0.1, 0.15) is 221 Å². The third-order valence-electron chi connectivity index (χ3n) is 21.0. The average molecular weight is 1110 g/mol. The molecule has 80 heavy (non-hydrogen) atoms. The van der Waals surface area contributed by atoms with Gasteiger partial charge in [0.25, 0.3) is 0 Å². The van der Waals surface area contributed by atoms with Gasteiger partial charge in [-0.25, -0.2) is 5.01 Å². The second kappa shape index (κ2) is 26.0. The molecule has 448 valence electrons. The summed E-state index contributed by atoms with van der Waals surface area (Å²) < 4.78 is 11.7. The topological polar surface area (TPSA) is 123 Å². The van der Waals surface area contributed by atoms with Gasteiger partial charge in [0.2, 0.25) is 5.91 Å². The number of fused-ring (bicyclic) bond motifs is 2. The summed E-state index contributed by atoms with van der Waals surface area (Å²) in [6.45, 7) is 32.0. The number of pyridine rings is 1. The third-order valence-corrected chi connectivity index (χ3v) is 21.0. The summed E-state index contributed by atoms with van der Waals surface area (Å²) in [6, 6.07) is 10.8. The largest absolute Gasteiger partial charge is 0.465 e. The normalized spacial score (nSPS) is 27.9. The number of carbonyl (C=O) groups excluding carboxylic acids is 3. The Morgan fingerprint density at radius 1 is 0.975 bits per heavy atom. The fraction of sp³-hybridized carbons (Fsp3) is 0.761. The minimum atomic E-state index is -0.284. The molecule has 11 rings (SSSR count). The zero-order valence-corrected chi connectivity index (χ0v) is 50.2. The van der Waals surface area contributed by atoms with Gasteiger partial charge in [-0.3, -0.25) is 34.7 Å². The summed E-state index contributed by atoms with van der Waals surface area (Å²) in [4.78, 5) is 52.3. The molecule has 3 unspecified atom stereocenters. The number of benzene rings is 1. The van der Waals surface area contributed by atoms with Crippen molar-refractivity contribution in [1.82, 2.24) is 35.4 Å². The maximum Gasteiger partial charge on any atom is 0.302 e. The Hall–Kier alpha value is -3.72. The molecular weight excluding hydrogens is 997 g/mol. The fourth-order valence-electron chi connectivity index (χ4n) is 16.7. The van der Waals surface area contributed by atoms with Gasteiger partial charge in [0.05, 0.1) is 37.6 Å². The van der Waals surface area contributed by atoms with Crippen LogP contribution in [0.25, 0.3) is 11.1 Å². The quantitative estimate of drug-likeness (QED) is 0.116. The number of anilines is 1. The van der Waals surface area contributed by atoms with E-state index in [4.69, 9.17) is 19.3 Å². The number of hydrogen-bond donors (Lipinski definition) is 2. The molecule has 2 spiro atoms. The second-order valence-corrected chi connectivity index (χ2v) is 27.7. The maximum absolute atomic E-state index is 15.6. The number of aromatic nitrogens is 1. The number of hydrogen-bond acceptors (Lipinski definition) is 12. The summed E-state index contributed by atoms with van der Waals surface area (Å²) in [5.41, 5.74) is 14.7. The van der Waals surface area contributed by atoms with Crippen LogP contribution in [0.15, 0.2) is 30.5 Å². The summed E-state index contributed by atoms with van der Waals surface area (Å²) in [6.07, 6.45) is 22.5. The molecule has 2 aromatic rings. The first kappa shape index (κ1) is 60.9. The Morgan fingerprint density at radius 3 is 2.40 bits per heavy atom. The fourth-order valence-corrected chi connectivity index (χ4v) is 16.7. The van der Waals surface area contributed by atoms with E-state index in [2.05, 4.69) is 114 Å². The molecule has 3 aliphatic carbocycles. The number of allylic oxidation sites excluding steroid dienone is 2. The molecule has 2 bridgehead atoms. The van der Waals surface area contributed by atoms with Crippen molar-refractivity contribution in [3.05, 3.63) is 58.4 Å². The smallest absolute Gasteiger partial charge is 0.302 e. The molecule has 6 aliphatic heterocycles. The van der Waals surface area contributed by atoms with E-state index in [-0.39, 0.29) is 68.5 Å². The lowest BCUT2D eigenvalue weighted by Crippen LogP contribution is -2.74. The number of nitrogens with zero attached hydrogens (tertiary/aromatic N) is 6. The Kier molecular flexibility index (Phi) is 19.8. The highest BCUT2D eigenvalue weighted by atomic mass is 16.5. The van der Waals surface area contributed by atoms with Gasteiger partial charge >= 0.3 is 5.97 Å². The van der Waals surface area contributed by atoms with Gasteiger partial charge in [0, 0.05) is 120 Å². The number of ether oxygens (including phenoxy) is 2. The Labute approximate surface area is 486 Å². The number of nitrogens with one attached hydrogen (secondary N) is 2. The average Bonchev–Trinajstić information content (AvgIpc) is 4.15. The zero-order valence-electron chi connectivity index (χ0n) is 50.2. The maximum atomic E-state index is 15.6. The molecule has 13 nitrogen and oxygen atoms in total. The second-order valence-electron chi connectivity index (χ2n) is 27.7. The number of likely N-dealkylation sites (tertiary alicyclic amines) is 2. The highest BCUT2D eigenvalue weighted by Crippen LogP contribution is 2.55. The molecule has 1 amide bonds. The first-order valence-corrected chi connectivity index (χ1v) is 31.8. The van der Waals surface area contributed by atoms with Crippen molar-refractivity contribution < 1.29 is 26.7 Å². The van der Waals surface area contributed by atoms with Gasteiger partial charge < -0.3 is 24.5 Å². The lowest BCUT2D eigenvalue weighted by Gasteiger charge is -2.60. The van der Waals surface area contributed by atoms with Crippen LogP contribution < -0.4 is 15.6 Å². The van der Waals surface area contributed by atoms with Crippen LogP contribution in [-0.2, 0) is 23.9 Å². The van der Waals surface area contributed by atoms with Gasteiger partial charge in [-0.15, -0.1) is 0 Å². The molecular formula is C67H110N8O5. The van der Waals surface area contributed by atoms with E-state index in [9.17, 15) is 4.79 Å². The zero-order chi connectivity index (χ0) is 55.6. The monoisotopic (exact) mass is 1110 g/mol. The van der Waals surface area contributed by atoms with Crippen molar-refractivity contribution in [2.24, 2.45) is 22.7 Å². The number of hydrazine groups is 1. The SMILES string of the molecule is C.C=O.CCCN(CC[C@H]([C@@H](CN1CCCCN1)NC(=O)[C@@H]1C(C)C2CN(C3CCC3)C[C@@]3(CCCN13)C2)N1CC2(COC2)C1)c1ccc2c(c1)C(CC(C)(C)COC(C)=O)=C(c1cc(C3CCCCC3)cnc1C(C)C)C2CC.[HH].[HH]. The number of carbonyl (C=O) groups is 3. The van der Waals surface area contributed by atoms with Crippen molar-refractivity contribution >= 4 is 35.5 Å². The van der Waals surface area contributed by atoms with Crippen LogP contribution in [-0.4, -0.2) is 158 Å². The van der Waals surface area contributed by atoms with E-state index in [1.54, 1.807) is 0 Å². The molecule has 8 fully saturated rings. The van der Waals surface area contributed by atoms with Crippen LogP contribution >= 0.6 is 0 Å². The molecule has 6 saturated heterocycles. The highest BCUT2D eigenvalue weighted by molar-refractivity contribution is 6.01. The number of esters is 1. The first-order valence-electron chi connectivity index (χ1n) is 31.8. The Balaban J connectivity index is 0.00000192. The van der Waals surface area contributed by atoms with Crippen LogP contribution in [0.5, 0.6) is 0 Å². The molecule has 13 heteroatoms. The van der Waals surface area contributed by atoms with Crippen LogP contribution in [0, 0.1) is 22.7 Å². The Bertz CT molecular complexity index is 2460. The summed E-state index contributed by atoms with van der Waals surface area (Å²) in [7, 11) is 0. The lowest BCUT2D eigenvalue weighted by atomic mass is 9.67. The Morgan fingerprint density at radius 2 is 1.75 bits per heavy atom. The van der Waals surface area contributed by atoms with E-state index >= 15 is 4.79 Å².